The number of hydrogen-bond acceptors (Lipinski definition) is 2. The van der Waals surface area contributed by atoms with Crippen molar-refractivity contribution in [3.05, 3.63) is 193 Å². The van der Waals surface area contributed by atoms with Crippen LogP contribution in [0.25, 0.3) is 100 Å². The number of para-hydroxylation sites is 8. The maximum atomic E-state index is 5.31. The summed E-state index contributed by atoms with van der Waals surface area (Å²) in [7, 11) is 0. The van der Waals surface area contributed by atoms with E-state index in [0.717, 1.165) is 62.3 Å². The van der Waals surface area contributed by atoms with Crippen molar-refractivity contribution in [1.29, 1.82) is 0 Å². The van der Waals surface area contributed by atoms with E-state index in [2.05, 4.69) is 200 Å². The molecular formula is C51H32N6. The molecule has 0 bridgehead atoms. The van der Waals surface area contributed by atoms with Crippen molar-refractivity contribution in [2.75, 3.05) is 0 Å². The highest BCUT2D eigenvalue weighted by Gasteiger charge is 2.23. The molecule has 6 nitrogen and oxygen atoms in total. The zero-order valence-electron chi connectivity index (χ0n) is 30.7. The van der Waals surface area contributed by atoms with Crippen molar-refractivity contribution in [3.8, 4) is 33.6 Å². The molecule has 57 heavy (non-hydrogen) atoms. The molecule has 0 unspecified atom stereocenters. The zero-order valence-corrected chi connectivity index (χ0v) is 30.7. The lowest BCUT2D eigenvalue weighted by atomic mass is 9.98. The van der Waals surface area contributed by atoms with Gasteiger partial charge < -0.3 is 4.57 Å². The number of hydrogen-bond donors (Lipinski definition) is 0. The van der Waals surface area contributed by atoms with Gasteiger partial charge in [0.25, 0.3) is 0 Å². The van der Waals surface area contributed by atoms with Crippen LogP contribution in [0, 0.1) is 0 Å². The minimum Gasteiger partial charge on any atom is -0.309 e. The third kappa shape index (κ3) is 4.29. The lowest BCUT2D eigenvalue weighted by Gasteiger charge is -2.12. The standard InChI is InChI=1S/C51H32N6/c1-5-18-44-38(14-1)39-15-2-6-19-45(39)54(44)37-27-26-35-28-34-25-24-33(30-40(34)41(35)31-37)32-12-11-13-36(29-32)55-50-52-42-16-3-7-20-46(42)56(50)48-22-9-10-23-49(48)57-47-21-8-4-17-43(47)53-51(55)57/h1-27,29-31H,28H2. The van der Waals surface area contributed by atoms with E-state index < -0.39 is 0 Å². The summed E-state index contributed by atoms with van der Waals surface area (Å²) >= 11 is 0. The van der Waals surface area contributed by atoms with Gasteiger partial charge in [-0.3, -0.25) is 8.80 Å². The molecule has 0 saturated carbocycles. The first-order valence-corrected chi connectivity index (χ1v) is 19.5. The van der Waals surface area contributed by atoms with E-state index in [9.17, 15) is 0 Å². The topological polar surface area (TPSA) is 44.5 Å². The van der Waals surface area contributed by atoms with Gasteiger partial charge in [-0.25, -0.2) is 14.5 Å². The highest BCUT2D eigenvalue weighted by molar-refractivity contribution is 6.09. The van der Waals surface area contributed by atoms with Gasteiger partial charge in [-0.05, 0) is 119 Å². The number of rotatable bonds is 3. The fourth-order valence-corrected chi connectivity index (χ4v) is 9.46. The second-order valence-electron chi connectivity index (χ2n) is 15.1. The van der Waals surface area contributed by atoms with Gasteiger partial charge in [0, 0.05) is 16.5 Å². The fourth-order valence-electron chi connectivity index (χ4n) is 9.46. The summed E-state index contributed by atoms with van der Waals surface area (Å²) < 4.78 is 9.20. The SMILES string of the molecule is c1cc(-c2ccc3c(c2)-c2cc(-n4c5ccccc5c5ccccc54)ccc2C3)cc(-n2c3nc4ccccc4n3c3ccccc3n3c4ccccc4nc23)c1. The van der Waals surface area contributed by atoms with E-state index in [0.29, 0.717) is 0 Å². The molecule has 12 aromatic rings. The first kappa shape index (κ1) is 30.6. The monoisotopic (exact) mass is 728 g/mol. The van der Waals surface area contributed by atoms with Gasteiger partial charge in [0.15, 0.2) is 0 Å². The summed E-state index contributed by atoms with van der Waals surface area (Å²) in [6.07, 6.45) is 0.930. The molecule has 1 aliphatic rings. The lowest BCUT2D eigenvalue weighted by Crippen LogP contribution is -2.02. The largest absolute Gasteiger partial charge is 0.309 e. The van der Waals surface area contributed by atoms with E-state index in [1.165, 1.54) is 55.3 Å². The van der Waals surface area contributed by atoms with Crippen LogP contribution in [0.4, 0.5) is 0 Å². The molecular weight excluding hydrogens is 697 g/mol. The molecule has 6 heteroatoms. The van der Waals surface area contributed by atoms with Crippen molar-refractivity contribution < 1.29 is 0 Å². The van der Waals surface area contributed by atoms with Gasteiger partial charge in [0.2, 0.25) is 11.6 Å². The van der Waals surface area contributed by atoms with E-state index in [1.54, 1.807) is 0 Å². The van der Waals surface area contributed by atoms with Crippen LogP contribution in [-0.2, 0) is 6.42 Å². The predicted octanol–water partition coefficient (Wildman–Crippen LogP) is 12.1. The van der Waals surface area contributed by atoms with Crippen LogP contribution in [-0.4, -0.2) is 27.9 Å². The van der Waals surface area contributed by atoms with Gasteiger partial charge in [-0.1, -0.05) is 103 Å². The quantitative estimate of drug-likeness (QED) is 0.182. The zero-order chi connectivity index (χ0) is 37.2. The van der Waals surface area contributed by atoms with E-state index >= 15 is 0 Å². The number of imidazole rings is 2. The Morgan fingerprint density at radius 2 is 0.842 bits per heavy atom. The Labute approximate surface area is 326 Å². The van der Waals surface area contributed by atoms with Crippen molar-refractivity contribution in [3.63, 3.8) is 0 Å². The Bertz CT molecular complexity index is 3520. The molecule has 13 rings (SSSR count). The average Bonchev–Trinajstić information content (AvgIpc) is 4.01. The molecule has 4 aromatic heterocycles. The second-order valence-corrected chi connectivity index (χ2v) is 15.1. The van der Waals surface area contributed by atoms with Gasteiger partial charge >= 0.3 is 0 Å². The minimum atomic E-state index is 0.801. The Morgan fingerprint density at radius 3 is 1.47 bits per heavy atom. The molecule has 0 radical (unpaired) electrons. The van der Waals surface area contributed by atoms with Crippen molar-refractivity contribution >= 4 is 66.5 Å². The third-order valence-electron chi connectivity index (χ3n) is 12.0. The summed E-state index contributed by atoms with van der Waals surface area (Å²) in [6, 6.07) is 65.6. The first-order chi connectivity index (χ1) is 28.3. The molecule has 0 aliphatic heterocycles. The van der Waals surface area contributed by atoms with E-state index in [-0.39, 0.29) is 0 Å². The lowest BCUT2D eigenvalue weighted by molar-refractivity contribution is 1.03. The molecule has 8 aromatic carbocycles. The van der Waals surface area contributed by atoms with Gasteiger partial charge in [-0.2, -0.15) is 0 Å². The highest BCUT2D eigenvalue weighted by Crippen LogP contribution is 2.42. The summed E-state index contributed by atoms with van der Waals surface area (Å²) in [4.78, 5) is 10.6. The molecule has 0 amide bonds. The molecule has 4 heterocycles. The molecule has 0 atom stereocenters. The Balaban J connectivity index is 1.02. The van der Waals surface area contributed by atoms with Crippen molar-refractivity contribution in [2.24, 2.45) is 0 Å². The molecule has 0 N–H and O–H groups in total. The molecule has 1 aliphatic carbocycles. The summed E-state index contributed by atoms with van der Waals surface area (Å²) in [5.74, 6) is 1.60. The summed E-state index contributed by atoms with van der Waals surface area (Å²) in [5, 5.41) is 2.55. The number of fused-ring (bicyclic) bond motifs is 15. The van der Waals surface area contributed by atoms with Gasteiger partial charge in [-0.15, -0.1) is 0 Å². The number of benzene rings is 8. The van der Waals surface area contributed by atoms with Crippen LogP contribution in [0.5, 0.6) is 0 Å². The molecule has 266 valence electrons. The second kappa shape index (κ2) is 11.4. The number of nitrogens with zero attached hydrogens (tertiary/aromatic N) is 6. The first-order valence-electron chi connectivity index (χ1n) is 19.5. The van der Waals surface area contributed by atoms with Crippen LogP contribution < -0.4 is 0 Å². The van der Waals surface area contributed by atoms with Gasteiger partial charge in [0.1, 0.15) is 0 Å². The van der Waals surface area contributed by atoms with Crippen LogP contribution in [0.3, 0.4) is 0 Å². The fraction of sp³-hybridized carbons (Fsp3) is 0.0196. The third-order valence-corrected chi connectivity index (χ3v) is 12.0. The minimum absolute atomic E-state index is 0.801. The maximum absolute atomic E-state index is 5.31. The Kier molecular flexibility index (Phi) is 6.13. The van der Waals surface area contributed by atoms with E-state index in [4.69, 9.17) is 9.97 Å². The number of aromatic nitrogens is 6. The maximum Gasteiger partial charge on any atom is 0.223 e. The Morgan fingerprint density at radius 1 is 0.351 bits per heavy atom. The van der Waals surface area contributed by atoms with Crippen LogP contribution in [0.2, 0.25) is 0 Å². The van der Waals surface area contributed by atoms with Gasteiger partial charge in [0.05, 0.1) is 49.8 Å². The highest BCUT2D eigenvalue weighted by atomic mass is 15.3. The molecule has 0 spiro atoms. The van der Waals surface area contributed by atoms with Crippen LogP contribution >= 0.6 is 0 Å². The Hall–Kier alpha value is -7.70. The molecule has 0 saturated heterocycles. The van der Waals surface area contributed by atoms with E-state index in [1.807, 2.05) is 0 Å². The van der Waals surface area contributed by atoms with Crippen molar-refractivity contribution in [1.82, 2.24) is 27.9 Å². The summed E-state index contributed by atoms with van der Waals surface area (Å²) in [6.45, 7) is 0. The molecule has 0 fully saturated rings. The van der Waals surface area contributed by atoms with Crippen LogP contribution in [0.15, 0.2) is 182 Å². The predicted molar refractivity (Wildman–Crippen MR) is 233 cm³/mol. The summed E-state index contributed by atoms with van der Waals surface area (Å²) in [5.41, 5.74) is 18.3. The smallest absolute Gasteiger partial charge is 0.223 e. The van der Waals surface area contributed by atoms with Crippen molar-refractivity contribution in [2.45, 2.75) is 6.42 Å². The van der Waals surface area contributed by atoms with Crippen LogP contribution in [0.1, 0.15) is 11.1 Å². The average molecular weight is 729 g/mol. The normalized spacial score (nSPS) is 12.5.